The number of hydrogen-bond acceptors (Lipinski definition) is 5. The molecule has 0 amide bonds. The third-order valence-electron chi connectivity index (χ3n) is 1.92. The number of alkyl halides is 1. The van der Waals surface area contributed by atoms with Crippen LogP contribution in [0.5, 0.6) is 0 Å². The Morgan fingerprint density at radius 1 is 1.56 bits per heavy atom. The second kappa shape index (κ2) is 6.20. The quantitative estimate of drug-likeness (QED) is 0.626. The van der Waals surface area contributed by atoms with Crippen LogP contribution in [0.25, 0.3) is 0 Å². The molecule has 2 N–H and O–H groups in total. The topological polar surface area (TPSA) is 66.8 Å². The van der Waals surface area contributed by atoms with Crippen molar-refractivity contribution in [1.82, 2.24) is 0 Å². The Morgan fingerprint density at radius 2 is 2.25 bits per heavy atom. The lowest BCUT2D eigenvalue weighted by molar-refractivity contribution is 0.0350. The summed E-state index contributed by atoms with van der Waals surface area (Å²) in [4.78, 5) is 12.2. The third kappa shape index (κ3) is 3.18. The Bertz CT molecular complexity index is 352. The van der Waals surface area contributed by atoms with Crippen LogP contribution in [0.1, 0.15) is 27.6 Å². The first-order valence-corrected chi connectivity index (χ1v) is 6.14. The van der Waals surface area contributed by atoms with Crippen molar-refractivity contribution in [2.24, 2.45) is 0 Å². The number of rotatable bonds is 5. The van der Waals surface area contributed by atoms with Crippen LogP contribution in [-0.4, -0.2) is 34.8 Å². The zero-order chi connectivity index (χ0) is 12.1. The molecule has 0 radical (unpaired) electrons. The van der Waals surface area contributed by atoms with Crippen molar-refractivity contribution < 1.29 is 19.7 Å². The maximum atomic E-state index is 11.3. The molecule has 0 aliphatic rings. The molecule has 0 saturated carbocycles. The molecule has 2 unspecified atom stereocenters. The fourth-order valence-corrected chi connectivity index (χ4v) is 2.21. The van der Waals surface area contributed by atoms with Crippen molar-refractivity contribution in [2.75, 3.05) is 12.5 Å². The van der Waals surface area contributed by atoms with Gasteiger partial charge in [0.15, 0.2) is 0 Å². The van der Waals surface area contributed by atoms with Crippen LogP contribution in [-0.2, 0) is 4.74 Å². The van der Waals surface area contributed by atoms with E-state index in [9.17, 15) is 15.0 Å². The molecule has 4 nitrogen and oxygen atoms in total. The van der Waals surface area contributed by atoms with E-state index in [-0.39, 0.29) is 5.88 Å². The highest BCUT2D eigenvalue weighted by Gasteiger charge is 2.20. The smallest absolute Gasteiger partial charge is 0.348 e. The second-order valence-corrected chi connectivity index (χ2v) is 4.51. The van der Waals surface area contributed by atoms with Crippen LogP contribution in [0, 0.1) is 0 Å². The Kier molecular flexibility index (Phi) is 5.21. The van der Waals surface area contributed by atoms with E-state index in [4.69, 9.17) is 16.3 Å². The summed E-state index contributed by atoms with van der Waals surface area (Å²) in [6.45, 7) is 2.03. The number of hydrogen-bond donors (Lipinski definition) is 2. The number of aliphatic hydroxyl groups is 2. The van der Waals surface area contributed by atoms with Crippen molar-refractivity contribution in [2.45, 2.75) is 19.1 Å². The molecule has 0 aromatic carbocycles. The van der Waals surface area contributed by atoms with E-state index < -0.39 is 18.2 Å². The van der Waals surface area contributed by atoms with Crippen molar-refractivity contribution in [3.8, 4) is 0 Å². The highest BCUT2D eigenvalue weighted by molar-refractivity contribution is 7.14. The highest BCUT2D eigenvalue weighted by Crippen LogP contribution is 2.26. The van der Waals surface area contributed by atoms with Gasteiger partial charge in [-0.05, 0) is 19.1 Å². The summed E-state index contributed by atoms with van der Waals surface area (Å²) in [6, 6.07) is 3.14. The average Bonchev–Trinajstić information content (AvgIpc) is 2.76. The molecule has 90 valence electrons. The van der Waals surface area contributed by atoms with Crippen LogP contribution in [0.15, 0.2) is 12.1 Å². The molecule has 0 spiro atoms. The minimum absolute atomic E-state index is 0.0617. The van der Waals surface area contributed by atoms with Gasteiger partial charge < -0.3 is 14.9 Å². The van der Waals surface area contributed by atoms with Gasteiger partial charge in [-0.25, -0.2) is 4.79 Å². The van der Waals surface area contributed by atoms with Gasteiger partial charge in [0.1, 0.15) is 11.0 Å². The molecule has 1 rings (SSSR count). The molecule has 1 aromatic rings. The predicted molar refractivity (Wildman–Crippen MR) is 62.0 cm³/mol. The summed E-state index contributed by atoms with van der Waals surface area (Å²) in [5.41, 5.74) is 0. The van der Waals surface area contributed by atoms with Gasteiger partial charge in [0.05, 0.1) is 18.6 Å². The lowest BCUT2D eigenvalue weighted by Crippen LogP contribution is -2.18. The Hall–Kier alpha value is -0.620. The fraction of sp³-hybridized carbons (Fsp3) is 0.500. The van der Waals surface area contributed by atoms with Crippen molar-refractivity contribution in [1.29, 1.82) is 0 Å². The predicted octanol–water partition coefficient (Wildman–Crippen LogP) is 1.56. The molecular weight excluding hydrogens is 252 g/mol. The van der Waals surface area contributed by atoms with Gasteiger partial charge in [-0.3, -0.25) is 0 Å². The van der Waals surface area contributed by atoms with Crippen LogP contribution >= 0.6 is 22.9 Å². The summed E-state index contributed by atoms with van der Waals surface area (Å²) in [6.07, 6.45) is -2.10. The summed E-state index contributed by atoms with van der Waals surface area (Å²) >= 11 is 6.51. The normalized spacial score (nSPS) is 14.5. The summed E-state index contributed by atoms with van der Waals surface area (Å²) < 4.78 is 4.81. The number of esters is 1. The first kappa shape index (κ1) is 13.4. The van der Waals surface area contributed by atoms with Crippen molar-refractivity contribution in [3.05, 3.63) is 21.9 Å². The van der Waals surface area contributed by atoms with E-state index in [1.807, 2.05) is 0 Å². The maximum Gasteiger partial charge on any atom is 0.348 e. The molecule has 6 heteroatoms. The molecular formula is C10H13ClO4S. The maximum absolute atomic E-state index is 11.3. The van der Waals surface area contributed by atoms with Gasteiger partial charge in [-0.2, -0.15) is 0 Å². The number of carbonyl (C=O) groups is 1. The first-order valence-electron chi connectivity index (χ1n) is 4.79. The molecule has 0 saturated heterocycles. The summed E-state index contributed by atoms with van der Waals surface area (Å²) in [5.74, 6) is -0.486. The van der Waals surface area contributed by atoms with Crippen molar-refractivity contribution in [3.63, 3.8) is 0 Å². The van der Waals surface area contributed by atoms with Crippen LogP contribution in [0.3, 0.4) is 0 Å². The zero-order valence-corrected chi connectivity index (χ0v) is 10.3. The second-order valence-electron chi connectivity index (χ2n) is 3.09. The lowest BCUT2D eigenvalue weighted by Gasteiger charge is -2.12. The largest absolute Gasteiger partial charge is 0.462 e. The van der Waals surface area contributed by atoms with E-state index in [1.165, 1.54) is 0 Å². The van der Waals surface area contributed by atoms with Crippen LogP contribution < -0.4 is 0 Å². The van der Waals surface area contributed by atoms with E-state index >= 15 is 0 Å². The Labute approximate surface area is 102 Å². The molecule has 0 aliphatic carbocycles. The number of ether oxygens (including phenoxy) is 1. The van der Waals surface area contributed by atoms with E-state index in [1.54, 1.807) is 19.1 Å². The first-order chi connectivity index (χ1) is 7.60. The monoisotopic (exact) mass is 264 g/mol. The van der Waals surface area contributed by atoms with Crippen LogP contribution in [0.2, 0.25) is 0 Å². The van der Waals surface area contributed by atoms with Gasteiger partial charge in [0.2, 0.25) is 0 Å². The fourth-order valence-electron chi connectivity index (χ4n) is 1.10. The summed E-state index contributed by atoms with van der Waals surface area (Å²) in [7, 11) is 0. The molecule has 16 heavy (non-hydrogen) atoms. The average molecular weight is 265 g/mol. The molecule has 1 heterocycles. The number of thiophene rings is 1. The van der Waals surface area contributed by atoms with E-state index in [0.717, 1.165) is 11.3 Å². The number of carbonyl (C=O) groups excluding carboxylic acids is 1. The molecule has 0 bridgehead atoms. The summed E-state index contributed by atoms with van der Waals surface area (Å²) in [5, 5.41) is 19.0. The van der Waals surface area contributed by atoms with Gasteiger partial charge >= 0.3 is 5.97 Å². The molecule has 0 fully saturated rings. The number of halogens is 1. The Morgan fingerprint density at radius 3 is 2.81 bits per heavy atom. The molecule has 0 aliphatic heterocycles. The Balaban J connectivity index is 2.74. The standard InChI is InChI=1S/C10H13ClO4S/c1-2-15-10(14)8-4-3-7(16-8)9(13)6(12)5-11/h3-4,6,9,12-13H,2,5H2,1H3. The van der Waals surface area contributed by atoms with E-state index in [2.05, 4.69) is 0 Å². The van der Waals surface area contributed by atoms with Crippen molar-refractivity contribution >= 4 is 28.9 Å². The van der Waals surface area contributed by atoms with Gasteiger partial charge in [0.25, 0.3) is 0 Å². The SMILES string of the molecule is CCOC(=O)c1ccc(C(O)C(O)CCl)s1. The minimum Gasteiger partial charge on any atom is -0.462 e. The minimum atomic E-state index is -1.06. The molecule has 2 atom stereocenters. The van der Waals surface area contributed by atoms with Gasteiger partial charge in [0, 0.05) is 4.88 Å². The highest BCUT2D eigenvalue weighted by atomic mass is 35.5. The van der Waals surface area contributed by atoms with Gasteiger partial charge in [-0.1, -0.05) is 0 Å². The lowest BCUT2D eigenvalue weighted by atomic mass is 10.2. The van der Waals surface area contributed by atoms with Crippen LogP contribution in [0.4, 0.5) is 0 Å². The zero-order valence-electron chi connectivity index (χ0n) is 8.72. The molecule has 1 aromatic heterocycles. The third-order valence-corrected chi connectivity index (χ3v) is 3.37. The van der Waals surface area contributed by atoms with E-state index in [0.29, 0.717) is 16.4 Å². The number of aliphatic hydroxyl groups excluding tert-OH is 2. The van der Waals surface area contributed by atoms with Gasteiger partial charge in [-0.15, -0.1) is 22.9 Å².